The molecular formula is C16H38N4O3. The van der Waals surface area contributed by atoms with Crippen LogP contribution in [0.3, 0.4) is 0 Å². The molecule has 0 aliphatic carbocycles. The number of rotatable bonds is 10. The van der Waals surface area contributed by atoms with Gasteiger partial charge in [-0.3, -0.25) is 9.80 Å². The second-order valence-electron chi connectivity index (χ2n) is 7.62. The maximum atomic E-state index is 10.4. The lowest BCUT2D eigenvalue weighted by Gasteiger charge is -2.53. The van der Waals surface area contributed by atoms with Gasteiger partial charge in [0.2, 0.25) is 11.7 Å². The van der Waals surface area contributed by atoms with E-state index in [9.17, 15) is 10.4 Å². The zero-order chi connectivity index (χ0) is 18.6. The average Bonchev–Trinajstić information content (AvgIpc) is 2.34. The highest BCUT2D eigenvalue weighted by Crippen LogP contribution is 2.36. The largest absolute Gasteiger partial charge is 0.310 e. The minimum atomic E-state index is -1.07. The lowest BCUT2D eigenvalue weighted by Crippen LogP contribution is -2.68. The van der Waals surface area contributed by atoms with Gasteiger partial charge in [0.05, 0.1) is 0 Å². The Morgan fingerprint density at radius 3 is 1.09 bits per heavy atom. The van der Waals surface area contributed by atoms with Crippen LogP contribution in [0.25, 0.3) is 0 Å². The Morgan fingerprint density at radius 2 is 0.957 bits per heavy atom. The summed E-state index contributed by atoms with van der Waals surface area (Å²) < 4.78 is 6.50. The highest BCUT2D eigenvalue weighted by molar-refractivity contribution is 4.83. The van der Waals surface area contributed by atoms with E-state index in [2.05, 4.69) is 27.7 Å². The van der Waals surface area contributed by atoms with E-state index in [1.54, 1.807) is 14.1 Å². The summed E-state index contributed by atoms with van der Waals surface area (Å²) in [5.41, 5.74) is 0. The van der Waals surface area contributed by atoms with Crippen LogP contribution >= 0.6 is 0 Å². The molecule has 0 aromatic carbocycles. The van der Waals surface area contributed by atoms with Crippen LogP contribution < -0.4 is 0 Å². The number of ether oxygens (including phenoxy) is 1. The molecule has 0 radical (unpaired) electrons. The minimum absolute atomic E-state index is 0.287. The monoisotopic (exact) mass is 334 g/mol. The van der Waals surface area contributed by atoms with Crippen LogP contribution in [0.4, 0.5) is 0 Å². The molecule has 23 heavy (non-hydrogen) atoms. The van der Waals surface area contributed by atoms with E-state index in [1.807, 2.05) is 38.0 Å². The summed E-state index contributed by atoms with van der Waals surface area (Å²) in [6.07, 6.45) is 1.16. The lowest BCUT2D eigenvalue weighted by molar-refractivity contribution is -0.438. The van der Waals surface area contributed by atoms with E-state index < -0.39 is 11.7 Å². The molecule has 0 rings (SSSR count). The van der Waals surface area contributed by atoms with Crippen molar-refractivity contribution in [2.45, 2.75) is 52.2 Å². The van der Waals surface area contributed by atoms with Crippen molar-refractivity contribution in [1.29, 1.82) is 0 Å². The van der Waals surface area contributed by atoms with E-state index >= 15 is 0 Å². The van der Waals surface area contributed by atoms with Gasteiger partial charge in [0, 0.05) is 26.9 Å². The van der Waals surface area contributed by atoms with Crippen molar-refractivity contribution in [1.82, 2.24) is 19.9 Å². The molecule has 7 heteroatoms. The van der Waals surface area contributed by atoms with Crippen molar-refractivity contribution in [3.63, 3.8) is 0 Å². The molecule has 0 aromatic heterocycles. The molecule has 0 saturated carbocycles. The fourth-order valence-corrected chi connectivity index (χ4v) is 2.93. The van der Waals surface area contributed by atoms with Crippen LogP contribution in [-0.2, 0) is 4.74 Å². The first-order chi connectivity index (χ1) is 10.3. The average molecular weight is 335 g/mol. The maximum absolute atomic E-state index is 10.4. The molecule has 2 unspecified atom stereocenters. The zero-order valence-corrected chi connectivity index (χ0v) is 16.7. The number of hydrogen-bond donors (Lipinski definition) is 2. The maximum Gasteiger partial charge on any atom is 0.204 e. The van der Waals surface area contributed by atoms with Gasteiger partial charge in [0.25, 0.3) is 0 Å². The fraction of sp³-hybridized carbons (Fsp3) is 1.00. The van der Waals surface area contributed by atoms with E-state index in [1.165, 1.54) is 0 Å². The summed E-state index contributed by atoms with van der Waals surface area (Å²) >= 11 is 0. The lowest BCUT2D eigenvalue weighted by atomic mass is 10.0. The summed E-state index contributed by atoms with van der Waals surface area (Å²) in [5, 5.41) is 23.0. The van der Waals surface area contributed by atoms with Gasteiger partial charge in [0.15, 0.2) is 0 Å². The predicted octanol–water partition coefficient (Wildman–Crippen LogP) is 2.17. The molecule has 0 aliphatic heterocycles. The second-order valence-corrected chi connectivity index (χ2v) is 7.62. The third kappa shape index (κ3) is 5.35. The van der Waals surface area contributed by atoms with Crippen molar-refractivity contribution in [3.8, 4) is 0 Å². The number of nitrogens with zero attached hydrogens (tertiary/aromatic N) is 4. The van der Waals surface area contributed by atoms with Crippen LogP contribution in [0.15, 0.2) is 0 Å². The van der Waals surface area contributed by atoms with Crippen molar-refractivity contribution in [2.24, 2.45) is 11.8 Å². The van der Waals surface area contributed by atoms with Crippen molar-refractivity contribution in [2.75, 3.05) is 42.3 Å². The Morgan fingerprint density at radius 1 is 0.696 bits per heavy atom. The summed E-state index contributed by atoms with van der Waals surface area (Å²) in [7, 11) is 10.6. The zero-order valence-electron chi connectivity index (χ0n) is 16.7. The van der Waals surface area contributed by atoms with Crippen molar-refractivity contribution in [3.05, 3.63) is 0 Å². The molecular weight excluding hydrogens is 296 g/mol. The van der Waals surface area contributed by atoms with Crippen molar-refractivity contribution < 1.29 is 15.2 Å². The minimum Gasteiger partial charge on any atom is -0.310 e. The smallest absolute Gasteiger partial charge is 0.204 e. The summed E-state index contributed by atoms with van der Waals surface area (Å²) in [6.45, 7) is 8.31. The Balaban J connectivity index is 6.03. The third-order valence-corrected chi connectivity index (χ3v) is 4.08. The van der Waals surface area contributed by atoms with Crippen LogP contribution in [0.5, 0.6) is 0 Å². The first kappa shape index (κ1) is 22.7. The molecule has 7 nitrogen and oxygen atoms in total. The third-order valence-electron chi connectivity index (χ3n) is 4.08. The van der Waals surface area contributed by atoms with Crippen LogP contribution in [-0.4, -0.2) is 84.3 Å². The SMILES string of the molecule is CC(C)CC(OC(CC(C)C)(N(C)C)N(C)O)(N(C)C)N(C)O. The summed E-state index contributed by atoms with van der Waals surface area (Å²) in [4.78, 5) is 3.68. The van der Waals surface area contributed by atoms with Crippen LogP contribution in [0, 0.1) is 11.8 Å². The standard InChI is InChI=1S/C16H38N4O3/c1-13(2)11-15(17(5)6,19(9)21)23-16(18(7)8,20(10)22)12-14(3)4/h13-14,21-22H,11-12H2,1-10H3. The Bertz CT molecular complexity index is 296. The summed E-state index contributed by atoms with van der Waals surface area (Å²) in [6, 6.07) is 0. The Kier molecular flexibility index (Phi) is 8.60. The molecule has 0 fully saturated rings. The van der Waals surface area contributed by atoms with Gasteiger partial charge in [-0.05, 0) is 40.0 Å². The molecule has 0 bridgehead atoms. The molecule has 0 saturated heterocycles. The fourth-order valence-electron chi connectivity index (χ4n) is 2.93. The van der Waals surface area contributed by atoms with Gasteiger partial charge >= 0.3 is 0 Å². The topological polar surface area (TPSA) is 62.7 Å². The van der Waals surface area contributed by atoms with Gasteiger partial charge in [0.1, 0.15) is 0 Å². The van der Waals surface area contributed by atoms with Gasteiger partial charge in [-0.25, -0.2) is 0 Å². The van der Waals surface area contributed by atoms with Crippen molar-refractivity contribution >= 4 is 0 Å². The van der Waals surface area contributed by atoms with E-state index in [0.29, 0.717) is 12.8 Å². The number of hydrogen-bond acceptors (Lipinski definition) is 7. The van der Waals surface area contributed by atoms with Gasteiger partial charge in [-0.15, -0.1) is 10.1 Å². The first-order valence-electron chi connectivity index (χ1n) is 8.22. The van der Waals surface area contributed by atoms with Crippen LogP contribution in [0.2, 0.25) is 0 Å². The summed E-state index contributed by atoms with van der Waals surface area (Å²) in [5.74, 6) is -1.56. The molecule has 2 N–H and O–H groups in total. The normalized spacial score (nSPS) is 18.5. The number of hydroxylamine groups is 4. The molecule has 0 heterocycles. The van der Waals surface area contributed by atoms with Gasteiger partial charge in [-0.2, -0.15) is 0 Å². The quantitative estimate of drug-likeness (QED) is 0.469. The molecule has 0 amide bonds. The molecule has 140 valence electrons. The molecule has 0 aromatic rings. The Hall–Kier alpha value is -0.280. The molecule has 0 aliphatic rings. The highest BCUT2D eigenvalue weighted by Gasteiger charge is 2.50. The van der Waals surface area contributed by atoms with Crippen LogP contribution in [0.1, 0.15) is 40.5 Å². The van der Waals surface area contributed by atoms with Gasteiger partial charge in [-0.1, -0.05) is 27.7 Å². The van der Waals surface area contributed by atoms with Gasteiger partial charge < -0.3 is 15.2 Å². The van der Waals surface area contributed by atoms with E-state index in [4.69, 9.17) is 4.74 Å². The highest BCUT2D eigenvalue weighted by atomic mass is 16.7. The molecule has 2 atom stereocenters. The second kappa shape index (κ2) is 8.71. The Labute approximate surface area is 142 Å². The van der Waals surface area contributed by atoms with E-state index in [0.717, 1.165) is 10.1 Å². The predicted molar refractivity (Wildman–Crippen MR) is 91.9 cm³/mol. The molecule has 0 spiro atoms. The van der Waals surface area contributed by atoms with E-state index in [-0.39, 0.29) is 11.8 Å². The first-order valence-corrected chi connectivity index (χ1v) is 8.22.